The van der Waals surface area contributed by atoms with Gasteiger partial charge in [-0.3, -0.25) is 4.98 Å². The minimum Gasteiger partial charge on any atom is -0.497 e. The van der Waals surface area contributed by atoms with E-state index in [9.17, 15) is 5.11 Å². The number of methoxy groups -OCH3 is 3. The summed E-state index contributed by atoms with van der Waals surface area (Å²) in [5, 5.41) is 12.5. The molecule has 1 atom stereocenters. The molecule has 1 heterocycles. The van der Waals surface area contributed by atoms with Gasteiger partial charge in [0.25, 0.3) is 0 Å². The SMILES string of the molecule is COc1ccc([C@@H](O)c2nccc3cc(OC)c(OC)cc23)cc1. The van der Waals surface area contributed by atoms with Gasteiger partial charge in [0, 0.05) is 11.6 Å². The second-order valence-electron chi connectivity index (χ2n) is 5.30. The Balaban J connectivity index is 2.10. The van der Waals surface area contributed by atoms with Crippen LogP contribution in [0.4, 0.5) is 0 Å². The molecule has 0 spiro atoms. The Hall–Kier alpha value is -2.79. The summed E-state index contributed by atoms with van der Waals surface area (Å²) in [6.45, 7) is 0. The van der Waals surface area contributed by atoms with Gasteiger partial charge in [0.15, 0.2) is 11.5 Å². The van der Waals surface area contributed by atoms with Crippen molar-refractivity contribution < 1.29 is 19.3 Å². The molecule has 5 nitrogen and oxygen atoms in total. The van der Waals surface area contributed by atoms with E-state index >= 15 is 0 Å². The molecule has 0 saturated heterocycles. The van der Waals surface area contributed by atoms with E-state index in [1.165, 1.54) is 0 Å². The fraction of sp³-hybridized carbons (Fsp3) is 0.211. The molecule has 0 aliphatic carbocycles. The van der Waals surface area contributed by atoms with Gasteiger partial charge >= 0.3 is 0 Å². The first-order chi connectivity index (χ1) is 11.7. The number of hydrogen-bond acceptors (Lipinski definition) is 5. The molecule has 0 aliphatic rings. The first-order valence-corrected chi connectivity index (χ1v) is 7.50. The van der Waals surface area contributed by atoms with Crippen molar-refractivity contribution in [2.75, 3.05) is 21.3 Å². The highest BCUT2D eigenvalue weighted by molar-refractivity contribution is 5.88. The van der Waals surface area contributed by atoms with Crippen LogP contribution in [0.15, 0.2) is 48.7 Å². The first-order valence-electron chi connectivity index (χ1n) is 7.50. The summed E-state index contributed by atoms with van der Waals surface area (Å²) in [6, 6.07) is 12.9. The number of aliphatic hydroxyl groups excluding tert-OH is 1. The highest BCUT2D eigenvalue weighted by Gasteiger charge is 2.17. The average molecular weight is 325 g/mol. The molecule has 0 amide bonds. The molecule has 0 aliphatic heterocycles. The maximum Gasteiger partial charge on any atom is 0.161 e. The molecule has 1 N–H and O–H groups in total. The molecule has 0 bridgehead atoms. The second kappa shape index (κ2) is 6.76. The van der Waals surface area contributed by atoms with Gasteiger partial charge in [-0.1, -0.05) is 12.1 Å². The Labute approximate surface area is 140 Å². The van der Waals surface area contributed by atoms with Crippen molar-refractivity contribution in [3.05, 3.63) is 59.9 Å². The number of aliphatic hydroxyl groups is 1. The maximum absolute atomic E-state index is 10.8. The van der Waals surface area contributed by atoms with Crippen LogP contribution >= 0.6 is 0 Å². The van der Waals surface area contributed by atoms with Gasteiger partial charge in [-0.25, -0.2) is 0 Å². The number of nitrogens with zero attached hydrogens (tertiary/aromatic N) is 1. The van der Waals surface area contributed by atoms with Crippen LogP contribution in [-0.4, -0.2) is 31.4 Å². The normalized spacial score (nSPS) is 12.0. The molecule has 0 unspecified atom stereocenters. The Bertz CT molecular complexity index is 846. The van der Waals surface area contributed by atoms with Crippen LogP contribution in [0.1, 0.15) is 17.4 Å². The van der Waals surface area contributed by atoms with Crippen LogP contribution in [0.3, 0.4) is 0 Å². The third kappa shape index (κ3) is 2.86. The summed E-state index contributed by atoms with van der Waals surface area (Å²) < 4.78 is 15.9. The van der Waals surface area contributed by atoms with E-state index in [4.69, 9.17) is 14.2 Å². The lowest BCUT2D eigenvalue weighted by Gasteiger charge is -2.15. The molecule has 124 valence electrons. The summed E-state index contributed by atoms with van der Waals surface area (Å²) >= 11 is 0. The third-order valence-electron chi connectivity index (χ3n) is 3.99. The number of benzene rings is 2. The minimum absolute atomic E-state index is 0.568. The smallest absolute Gasteiger partial charge is 0.161 e. The highest BCUT2D eigenvalue weighted by Crippen LogP contribution is 2.35. The molecule has 0 radical (unpaired) electrons. The first kappa shape index (κ1) is 16.1. The van der Waals surface area contributed by atoms with E-state index in [0.29, 0.717) is 17.2 Å². The van der Waals surface area contributed by atoms with E-state index in [0.717, 1.165) is 22.1 Å². The third-order valence-corrected chi connectivity index (χ3v) is 3.99. The van der Waals surface area contributed by atoms with Crippen LogP contribution in [0, 0.1) is 0 Å². The van der Waals surface area contributed by atoms with Crippen molar-refractivity contribution in [2.45, 2.75) is 6.10 Å². The Kier molecular flexibility index (Phi) is 4.53. The molecule has 2 aromatic carbocycles. The number of aromatic nitrogens is 1. The van der Waals surface area contributed by atoms with E-state index in [2.05, 4.69) is 4.98 Å². The fourth-order valence-corrected chi connectivity index (χ4v) is 2.68. The van der Waals surface area contributed by atoms with Gasteiger partial charge in [0.05, 0.1) is 27.0 Å². The fourth-order valence-electron chi connectivity index (χ4n) is 2.68. The summed E-state index contributed by atoms with van der Waals surface area (Å²) in [4.78, 5) is 4.38. The van der Waals surface area contributed by atoms with Crippen LogP contribution < -0.4 is 14.2 Å². The Morgan fingerprint density at radius 3 is 2.17 bits per heavy atom. The van der Waals surface area contributed by atoms with Crippen molar-refractivity contribution in [1.29, 1.82) is 0 Å². The molecule has 24 heavy (non-hydrogen) atoms. The minimum atomic E-state index is -0.849. The van der Waals surface area contributed by atoms with Crippen LogP contribution in [0.5, 0.6) is 17.2 Å². The monoisotopic (exact) mass is 325 g/mol. The van der Waals surface area contributed by atoms with Gasteiger partial charge in [0.2, 0.25) is 0 Å². The van der Waals surface area contributed by atoms with Crippen molar-refractivity contribution in [3.63, 3.8) is 0 Å². The van der Waals surface area contributed by atoms with Crippen LogP contribution in [-0.2, 0) is 0 Å². The molecule has 3 aromatic rings. The van der Waals surface area contributed by atoms with E-state index in [1.807, 2.05) is 42.5 Å². The highest BCUT2D eigenvalue weighted by atomic mass is 16.5. The molecule has 3 rings (SSSR count). The van der Waals surface area contributed by atoms with Crippen molar-refractivity contribution in [1.82, 2.24) is 4.98 Å². The largest absolute Gasteiger partial charge is 0.497 e. The van der Waals surface area contributed by atoms with Gasteiger partial charge in [0.1, 0.15) is 11.9 Å². The lowest BCUT2D eigenvalue weighted by molar-refractivity contribution is 0.217. The molecule has 5 heteroatoms. The van der Waals surface area contributed by atoms with Crippen LogP contribution in [0.2, 0.25) is 0 Å². The predicted molar refractivity (Wildman–Crippen MR) is 91.9 cm³/mol. The second-order valence-corrected chi connectivity index (χ2v) is 5.30. The van der Waals surface area contributed by atoms with E-state index in [-0.39, 0.29) is 0 Å². The lowest BCUT2D eigenvalue weighted by Crippen LogP contribution is -2.04. The zero-order valence-electron chi connectivity index (χ0n) is 13.8. The Morgan fingerprint density at radius 2 is 1.54 bits per heavy atom. The van der Waals surface area contributed by atoms with Crippen molar-refractivity contribution >= 4 is 10.8 Å². The zero-order chi connectivity index (χ0) is 17.1. The molecule has 0 fully saturated rings. The van der Waals surface area contributed by atoms with Crippen molar-refractivity contribution in [2.24, 2.45) is 0 Å². The molecule has 1 aromatic heterocycles. The number of fused-ring (bicyclic) bond motifs is 1. The maximum atomic E-state index is 10.8. The van der Waals surface area contributed by atoms with E-state index < -0.39 is 6.10 Å². The summed E-state index contributed by atoms with van der Waals surface area (Å²) in [5.41, 5.74) is 1.31. The quantitative estimate of drug-likeness (QED) is 0.779. The summed E-state index contributed by atoms with van der Waals surface area (Å²) in [6.07, 6.45) is 0.828. The van der Waals surface area contributed by atoms with Crippen molar-refractivity contribution in [3.8, 4) is 17.2 Å². The van der Waals surface area contributed by atoms with Gasteiger partial charge < -0.3 is 19.3 Å². The number of rotatable bonds is 5. The summed E-state index contributed by atoms with van der Waals surface area (Å²) in [5.74, 6) is 1.98. The lowest BCUT2D eigenvalue weighted by atomic mass is 10.0. The van der Waals surface area contributed by atoms with E-state index in [1.54, 1.807) is 27.5 Å². The molecular formula is C19H19NO4. The summed E-state index contributed by atoms with van der Waals surface area (Å²) in [7, 11) is 4.79. The molecule has 0 saturated carbocycles. The van der Waals surface area contributed by atoms with Gasteiger partial charge in [-0.15, -0.1) is 0 Å². The van der Waals surface area contributed by atoms with Gasteiger partial charge in [-0.2, -0.15) is 0 Å². The standard InChI is InChI=1S/C19H19NO4/c1-22-14-6-4-12(5-7-14)19(21)18-15-11-17(24-3)16(23-2)10-13(15)8-9-20-18/h4-11,19,21H,1-3H3/t19-/m1/s1. The van der Waals surface area contributed by atoms with Gasteiger partial charge in [-0.05, 0) is 41.3 Å². The molecular weight excluding hydrogens is 306 g/mol. The topological polar surface area (TPSA) is 60.8 Å². The predicted octanol–water partition coefficient (Wildman–Crippen LogP) is 3.34. The zero-order valence-corrected chi connectivity index (χ0v) is 13.8. The number of hydrogen-bond donors (Lipinski definition) is 1. The average Bonchev–Trinajstić information content (AvgIpc) is 2.65. The Morgan fingerprint density at radius 1 is 0.875 bits per heavy atom. The number of pyridine rings is 1. The number of ether oxygens (including phenoxy) is 3. The van der Waals surface area contributed by atoms with Crippen LogP contribution in [0.25, 0.3) is 10.8 Å².